The summed E-state index contributed by atoms with van der Waals surface area (Å²) in [5.41, 5.74) is -7.83. The molecule has 0 bridgehead atoms. The van der Waals surface area contributed by atoms with Gasteiger partial charge in [-0.25, -0.2) is 18.5 Å². The van der Waals surface area contributed by atoms with Crippen LogP contribution in [0.5, 0.6) is 11.5 Å². The van der Waals surface area contributed by atoms with Crippen molar-refractivity contribution in [3.8, 4) is 11.5 Å². The zero-order valence-electron chi connectivity index (χ0n) is 33.8. The van der Waals surface area contributed by atoms with Gasteiger partial charge in [0, 0.05) is 28.8 Å². The number of nitrogens with one attached hydrogen (secondary N) is 2. The van der Waals surface area contributed by atoms with Crippen molar-refractivity contribution in [3.63, 3.8) is 0 Å². The quantitative estimate of drug-likeness (QED) is 0.0320. The fourth-order valence-corrected chi connectivity index (χ4v) is 4.30. The van der Waals surface area contributed by atoms with E-state index in [2.05, 4.69) is 41.1 Å². The average Bonchev–Trinajstić information content (AvgIpc) is 3.19. The molecule has 26 heteroatoms. The van der Waals surface area contributed by atoms with Crippen LogP contribution in [0.15, 0.2) is 72.8 Å². The van der Waals surface area contributed by atoms with Gasteiger partial charge in [-0.3, -0.25) is 14.4 Å². The topological polar surface area (TPSA) is 186 Å². The summed E-state index contributed by atoms with van der Waals surface area (Å²) in [5, 5.41) is 41.1. The molecule has 0 saturated heterocycles. The van der Waals surface area contributed by atoms with Crippen LogP contribution >= 0.6 is 39.1 Å². The molecule has 63 heavy (non-hydrogen) atoms. The van der Waals surface area contributed by atoms with Crippen molar-refractivity contribution in [2.45, 2.75) is 37.4 Å². The van der Waals surface area contributed by atoms with E-state index in [1.807, 2.05) is 0 Å². The van der Waals surface area contributed by atoms with Crippen molar-refractivity contribution < 1.29 is 184 Å². The van der Waals surface area contributed by atoms with Crippen molar-refractivity contribution in [2.75, 3.05) is 22.6 Å². The van der Waals surface area contributed by atoms with E-state index < -0.39 is 76.1 Å². The normalized spacial score (nSPS) is 12.2. The summed E-state index contributed by atoms with van der Waals surface area (Å²) in [4.78, 5) is 40.7. The molecule has 0 saturated carbocycles. The van der Waals surface area contributed by atoms with Crippen LogP contribution in [0.1, 0.15) is 26.4 Å². The number of alkyl halides is 7. The first-order valence-electron chi connectivity index (χ1n) is 15.9. The SMILES string of the molecule is O=CO[O-].Oc1ccc(Cl)c(F)c1.[C-]#[N+]c1ccc(NC(=O)[C@@](C)(O)CBr)cc1C(F)(F)F.[C-]#[N+]c1ccc(NC(=O)[C@@](C)(O)COc2ccc(Cl)c(F)c2)cc1C(F)(F)F.[H-].[K+].[K+]. The second-order valence-electron chi connectivity index (χ2n) is 11.9. The predicted molar refractivity (Wildman–Crippen MR) is 206 cm³/mol. The molecule has 0 fully saturated rings. The third-order valence-corrected chi connectivity index (χ3v) is 8.66. The van der Waals surface area contributed by atoms with Crippen molar-refractivity contribution >= 4 is 80.2 Å². The zero-order chi connectivity index (χ0) is 46.9. The number of carbonyl (C=O) groups is 3. The van der Waals surface area contributed by atoms with Crippen molar-refractivity contribution in [3.05, 3.63) is 128 Å². The van der Waals surface area contributed by atoms with E-state index in [1.54, 1.807) is 0 Å². The Hall–Kier alpha value is -2.48. The Morgan fingerprint density at radius 1 is 0.778 bits per heavy atom. The first-order valence-corrected chi connectivity index (χ1v) is 17.8. The minimum absolute atomic E-state index is 0. The standard InChI is InChI=1S/C18H13ClF4N2O3.C12H10BrF3N2O2.C6H4ClFO.CH2O3.2K.H/c1-17(27,9-28-11-4-5-13(19)14(20)8-11)16(26)25-10-3-6-15(24-2)12(7-10)18(21,22)23;1-11(20,6-13)10(19)18-7-3-4-9(17-2)8(5-7)12(14,15)16;7-5-2-1-4(9)3-6(5)8;2-1-4-3;;;/h3-8,27H,9H2,1H3,(H,25,26);3-5,20H,6H2,1H3,(H,18,19);1-3,9H;1,3H;;;/q;;;;2*+1;-1/p-1/t17-;11-;;;;;/m00...../s1. The van der Waals surface area contributed by atoms with Gasteiger partial charge < -0.3 is 42.3 Å². The van der Waals surface area contributed by atoms with Crippen molar-refractivity contribution in [1.29, 1.82) is 0 Å². The van der Waals surface area contributed by atoms with E-state index in [0.717, 1.165) is 37.3 Å². The number of rotatable bonds is 9. The Labute approximate surface area is 458 Å². The van der Waals surface area contributed by atoms with Gasteiger partial charge in [0.05, 0.1) is 34.3 Å². The summed E-state index contributed by atoms with van der Waals surface area (Å²) >= 11 is 13.8. The summed E-state index contributed by atoms with van der Waals surface area (Å²) < 4.78 is 108. The molecule has 0 aliphatic heterocycles. The Kier molecular flexibility index (Phi) is 28.4. The molecule has 2 amide bonds. The van der Waals surface area contributed by atoms with Crippen LogP contribution < -0.4 is 123 Å². The van der Waals surface area contributed by atoms with Crippen LogP contribution in [0.25, 0.3) is 9.69 Å². The van der Waals surface area contributed by atoms with Gasteiger partial charge in [0.1, 0.15) is 35.3 Å². The van der Waals surface area contributed by atoms with Gasteiger partial charge in [-0.15, -0.1) is 0 Å². The second-order valence-corrected chi connectivity index (χ2v) is 13.3. The molecule has 0 aliphatic carbocycles. The molecular formula is C37H29BrCl2F8K2N4O9. The van der Waals surface area contributed by atoms with Gasteiger partial charge in [-0.2, -0.15) is 26.3 Å². The fourth-order valence-electron chi connectivity index (χ4n) is 3.81. The van der Waals surface area contributed by atoms with E-state index in [1.165, 1.54) is 37.3 Å². The smallest absolute Gasteiger partial charge is 1.00 e. The number of anilines is 2. The second kappa shape index (κ2) is 28.5. The minimum Gasteiger partial charge on any atom is -1.00 e. The average molecular weight is 1050 g/mol. The number of phenolic OH excluding ortho intramolecular Hbond substituents is 1. The molecule has 4 rings (SSSR count). The van der Waals surface area contributed by atoms with Crippen LogP contribution in [-0.4, -0.2) is 56.7 Å². The Morgan fingerprint density at radius 2 is 1.17 bits per heavy atom. The van der Waals surface area contributed by atoms with Crippen LogP contribution in [0.4, 0.5) is 57.9 Å². The Bertz CT molecular complexity index is 2270. The summed E-state index contributed by atoms with van der Waals surface area (Å²) in [5.74, 6) is -3.38. The molecular weight excluding hydrogens is 1030 g/mol. The molecule has 2 atom stereocenters. The molecule has 0 radical (unpaired) electrons. The largest absolute Gasteiger partial charge is 1.00 e. The van der Waals surface area contributed by atoms with E-state index in [-0.39, 0.29) is 149 Å². The van der Waals surface area contributed by atoms with E-state index in [0.29, 0.717) is 12.1 Å². The molecule has 13 nitrogen and oxygen atoms in total. The molecule has 4 aromatic rings. The van der Waals surface area contributed by atoms with Crippen LogP contribution in [-0.2, 0) is 31.6 Å². The fraction of sp³-hybridized carbons (Fsp3) is 0.216. The zero-order valence-corrected chi connectivity index (χ0v) is 42.1. The number of hydrogen-bond acceptors (Lipinski definition) is 9. The van der Waals surface area contributed by atoms with E-state index in [4.69, 9.17) is 56.2 Å². The first kappa shape index (κ1) is 62.6. The molecule has 330 valence electrons. The maximum absolute atomic E-state index is 13.4. The molecule has 0 heterocycles. The minimum atomic E-state index is -4.79. The maximum atomic E-state index is 13.4. The number of amides is 2. The Balaban J connectivity index is -0.000000899. The monoisotopic (exact) mass is 1050 g/mol. The van der Waals surface area contributed by atoms with Crippen LogP contribution in [0.3, 0.4) is 0 Å². The van der Waals surface area contributed by atoms with Crippen LogP contribution in [0, 0.1) is 24.8 Å². The molecule has 0 spiro atoms. The van der Waals surface area contributed by atoms with Gasteiger partial charge in [0.25, 0.3) is 18.3 Å². The first-order chi connectivity index (χ1) is 28.2. The Morgan fingerprint density at radius 3 is 1.51 bits per heavy atom. The summed E-state index contributed by atoms with van der Waals surface area (Å²) in [7, 11) is 0. The number of aliphatic hydroxyl groups is 2. The molecule has 0 aliphatic rings. The number of phenols is 1. The summed E-state index contributed by atoms with van der Waals surface area (Å²) in [6.07, 6.45) is -9.48. The number of benzene rings is 4. The number of nitrogens with zero attached hydrogens (tertiary/aromatic N) is 2. The van der Waals surface area contributed by atoms with Gasteiger partial charge in [0.15, 0.2) is 17.0 Å². The molecule has 5 N–H and O–H groups in total. The molecule has 0 unspecified atom stereocenters. The third kappa shape index (κ3) is 21.6. The van der Waals surface area contributed by atoms with Gasteiger partial charge in [0.2, 0.25) is 0 Å². The third-order valence-electron chi connectivity index (χ3n) is 6.95. The maximum Gasteiger partial charge on any atom is 1.00 e. The number of carbonyl (C=O) groups excluding carboxylic acids is 3. The van der Waals surface area contributed by atoms with Crippen molar-refractivity contribution in [2.24, 2.45) is 0 Å². The predicted octanol–water partition coefficient (Wildman–Crippen LogP) is 2.90. The molecule has 4 aromatic carbocycles. The number of hydrogen-bond donors (Lipinski definition) is 5. The van der Waals surface area contributed by atoms with Gasteiger partial charge in [-0.1, -0.05) is 51.3 Å². The summed E-state index contributed by atoms with van der Waals surface area (Å²) in [6.45, 7) is 15.0. The van der Waals surface area contributed by atoms with Crippen molar-refractivity contribution in [1.82, 2.24) is 0 Å². The van der Waals surface area contributed by atoms with E-state index in [9.17, 15) is 54.9 Å². The van der Waals surface area contributed by atoms with Crippen LogP contribution in [0.2, 0.25) is 10.0 Å². The number of aromatic hydroxyl groups is 1. The summed E-state index contributed by atoms with van der Waals surface area (Å²) in [6, 6.07) is 12.5. The van der Waals surface area contributed by atoms with E-state index >= 15 is 0 Å². The molecule has 0 aromatic heterocycles. The number of halogens is 11. The number of ether oxygens (including phenoxy) is 1. The van der Waals surface area contributed by atoms with Gasteiger partial charge in [-0.05, 0) is 62.4 Å². The van der Waals surface area contributed by atoms with Gasteiger partial charge >= 0.3 is 115 Å².